The van der Waals surface area contributed by atoms with Crippen molar-refractivity contribution in [2.24, 2.45) is 5.92 Å². The molecule has 2 atom stereocenters. The lowest BCUT2D eigenvalue weighted by molar-refractivity contribution is -0.129. The van der Waals surface area contributed by atoms with E-state index in [0.29, 0.717) is 24.7 Å². The summed E-state index contributed by atoms with van der Waals surface area (Å²) in [5.74, 6) is 0.964. The molecule has 0 aromatic rings. The number of hydrogen-bond acceptors (Lipinski definition) is 3. The van der Waals surface area contributed by atoms with Crippen molar-refractivity contribution >= 4 is 5.91 Å². The molecule has 0 spiro atoms. The minimum absolute atomic E-state index is 0.282. The number of rotatable bonds is 4. The Hall–Kier alpha value is -0.610. The van der Waals surface area contributed by atoms with Gasteiger partial charge in [-0.3, -0.25) is 10.1 Å². The van der Waals surface area contributed by atoms with Gasteiger partial charge in [0.05, 0.1) is 18.8 Å². The molecule has 2 aliphatic heterocycles. The Labute approximate surface area is 109 Å². The summed E-state index contributed by atoms with van der Waals surface area (Å²) in [4.78, 5) is 14.0. The van der Waals surface area contributed by atoms with Gasteiger partial charge in [-0.1, -0.05) is 12.8 Å². The van der Waals surface area contributed by atoms with Crippen LogP contribution in [0, 0.1) is 5.92 Å². The summed E-state index contributed by atoms with van der Waals surface area (Å²) in [7, 11) is 0. The van der Waals surface area contributed by atoms with Gasteiger partial charge in [-0.25, -0.2) is 0 Å². The van der Waals surface area contributed by atoms with Gasteiger partial charge in [0.1, 0.15) is 0 Å². The van der Waals surface area contributed by atoms with E-state index in [1.807, 2.05) is 0 Å². The first-order valence-corrected chi connectivity index (χ1v) is 7.49. The smallest absolute Gasteiger partial charge is 0.237 e. The highest BCUT2D eigenvalue weighted by atomic mass is 16.5. The van der Waals surface area contributed by atoms with Crippen molar-refractivity contribution in [3.8, 4) is 0 Å². The molecule has 0 radical (unpaired) electrons. The molecule has 1 N–H and O–H groups in total. The summed E-state index contributed by atoms with van der Waals surface area (Å²) in [5.41, 5.74) is 0. The van der Waals surface area contributed by atoms with E-state index >= 15 is 0 Å². The van der Waals surface area contributed by atoms with Crippen molar-refractivity contribution in [2.45, 2.75) is 57.2 Å². The highest BCUT2D eigenvalue weighted by molar-refractivity contribution is 5.80. The fraction of sp³-hybridized carbons (Fsp3) is 0.929. The average molecular weight is 252 g/mol. The average Bonchev–Trinajstić information content (AvgIpc) is 3.08. The summed E-state index contributed by atoms with van der Waals surface area (Å²) < 4.78 is 5.65. The number of amides is 1. The predicted octanol–water partition coefficient (Wildman–Crippen LogP) is 1.50. The van der Waals surface area contributed by atoms with Gasteiger partial charge in [0, 0.05) is 13.2 Å². The maximum absolute atomic E-state index is 12.0. The number of carbonyl (C=O) groups is 1. The number of nitrogens with one attached hydrogen (secondary N) is 1. The van der Waals surface area contributed by atoms with E-state index in [1.165, 1.54) is 38.5 Å². The van der Waals surface area contributed by atoms with Gasteiger partial charge in [-0.05, 0) is 38.0 Å². The van der Waals surface area contributed by atoms with Crippen LogP contribution in [0.5, 0.6) is 0 Å². The van der Waals surface area contributed by atoms with Crippen molar-refractivity contribution in [3.63, 3.8) is 0 Å². The first-order chi connectivity index (χ1) is 8.84. The van der Waals surface area contributed by atoms with E-state index in [4.69, 9.17) is 4.74 Å². The van der Waals surface area contributed by atoms with Gasteiger partial charge in [0.15, 0.2) is 0 Å². The number of ether oxygens (including phenoxy) is 1. The molecule has 18 heavy (non-hydrogen) atoms. The first-order valence-electron chi connectivity index (χ1n) is 7.49. The van der Waals surface area contributed by atoms with Crippen LogP contribution < -0.4 is 5.32 Å². The van der Waals surface area contributed by atoms with Crippen molar-refractivity contribution in [3.05, 3.63) is 0 Å². The van der Waals surface area contributed by atoms with Crippen LogP contribution in [-0.2, 0) is 9.53 Å². The molecule has 3 aliphatic rings. The highest BCUT2D eigenvalue weighted by Gasteiger charge is 2.37. The lowest BCUT2D eigenvalue weighted by Crippen LogP contribution is -2.43. The number of nitrogens with zero attached hydrogens (tertiary/aromatic N) is 1. The zero-order chi connectivity index (χ0) is 12.4. The maximum atomic E-state index is 12.0. The van der Waals surface area contributed by atoms with E-state index in [9.17, 15) is 4.79 Å². The van der Waals surface area contributed by atoms with E-state index < -0.39 is 0 Å². The third-order valence-electron chi connectivity index (χ3n) is 4.68. The van der Waals surface area contributed by atoms with Gasteiger partial charge in [0.25, 0.3) is 0 Å². The van der Waals surface area contributed by atoms with Gasteiger partial charge < -0.3 is 9.64 Å². The SMILES string of the molecule is O=C1CNC(C2CCCC2)N1CCC1CCCO1. The van der Waals surface area contributed by atoms with E-state index in [1.54, 1.807) is 0 Å². The van der Waals surface area contributed by atoms with Crippen molar-refractivity contribution in [1.82, 2.24) is 10.2 Å². The monoisotopic (exact) mass is 252 g/mol. The first kappa shape index (κ1) is 12.4. The molecule has 4 heteroatoms. The minimum Gasteiger partial charge on any atom is -0.378 e. The van der Waals surface area contributed by atoms with Crippen LogP contribution in [0.2, 0.25) is 0 Å². The molecule has 0 bridgehead atoms. The molecule has 2 saturated heterocycles. The van der Waals surface area contributed by atoms with Crippen LogP contribution in [0.3, 0.4) is 0 Å². The van der Waals surface area contributed by atoms with E-state index in [0.717, 1.165) is 19.6 Å². The largest absolute Gasteiger partial charge is 0.378 e. The van der Waals surface area contributed by atoms with Gasteiger partial charge in [0.2, 0.25) is 5.91 Å². The fourth-order valence-electron chi connectivity index (χ4n) is 3.67. The molecule has 2 unspecified atom stereocenters. The topological polar surface area (TPSA) is 41.6 Å². The molecule has 3 fully saturated rings. The fourth-order valence-corrected chi connectivity index (χ4v) is 3.67. The summed E-state index contributed by atoms with van der Waals surface area (Å²) in [6.07, 6.45) is 9.28. The standard InChI is InChI=1S/C14H24N2O2/c17-13-10-15-14(11-4-1-2-5-11)16(13)8-7-12-6-3-9-18-12/h11-12,14-15H,1-10H2. The van der Waals surface area contributed by atoms with E-state index in [2.05, 4.69) is 10.2 Å². The Balaban J connectivity index is 1.54. The molecule has 1 saturated carbocycles. The van der Waals surface area contributed by atoms with Gasteiger partial charge in [-0.2, -0.15) is 0 Å². The third-order valence-corrected chi connectivity index (χ3v) is 4.68. The van der Waals surface area contributed by atoms with Crippen molar-refractivity contribution in [1.29, 1.82) is 0 Å². The van der Waals surface area contributed by atoms with Gasteiger partial charge >= 0.3 is 0 Å². The summed E-state index contributed by atoms with van der Waals surface area (Å²) >= 11 is 0. The quantitative estimate of drug-likeness (QED) is 0.824. The number of hydrogen-bond donors (Lipinski definition) is 1. The summed E-state index contributed by atoms with van der Waals surface area (Å²) in [6, 6.07) is 0. The molecule has 4 nitrogen and oxygen atoms in total. The summed E-state index contributed by atoms with van der Waals surface area (Å²) in [5, 5.41) is 3.41. The molecule has 2 heterocycles. The minimum atomic E-state index is 0.282. The lowest BCUT2D eigenvalue weighted by Gasteiger charge is -2.29. The zero-order valence-electron chi connectivity index (χ0n) is 11.1. The lowest BCUT2D eigenvalue weighted by atomic mass is 10.0. The molecular formula is C14H24N2O2. The second-order valence-electron chi connectivity index (χ2n) is 5.88. The molecule has 1 aliphatic carbocycles. The van der Waals surface area contributed by atoms with Gasteiger partial charge in [-0.15, -0.1) is 0 Å². The van der Waals surface area contributed by atoms with Crippen molar-refractivity contribution in [2.75, 3.05) is 19.7 Å². The van der Waals surface area contributed by atoms with Crippen molar-refractivity contribution < 1.29 is 9.53 Å². The van der Waals surface area contributed by atoms with Crippen LogP contribution in [-0.4, -0.2) is 42.8 Å². The Bertz CT molecular complexity index is 296. The Morgan fingerprint density at radius 2 is 2.06 bits per heavy atom. The normalized spacial score (nSPS) is 33.8. The van der Waals surface area contributed by atoms with Crippen LogP contribution in [0.1, 0.15) is 44.9 Å². The van der Waals surface area contributed by atoms with Crippen LogP contribution in [0.15, 0.2) is 0 Å². The molecule has 0 aromatic carbocycles. The Morgan fingerprint density at radius 1 is 1.22 bits per heavy atom. The maximum Gasteiger partial charge on any atom is 0.237 e. The molecule has 3 rings (SSSR count). The molecule has 0 aromatic heterocycles. The van der Waals surface area contributed by atoms with Crippen LogP contribution >= 0.6 is 0 Å². The van der Waals surface area contributed by atoms with Crippen LogP contribution in [0.25, 0.3) is 0 Å². The molecule has 102 valence electrons. The molecule has 1 amide bonds. The Kier molecular flexibility index (Phi) is 3.85. The predicted molar refractivity (Wildman–Crippen MR) is 69.1 cm³/mol. The third kappa shape index (κ3) is 2.54. The second-order valence-corrected chi connectivity index (χ2v) is 5.88. The van der Waals surface area contributed by atoms with E-state index in [-0.39, 0.29) is 5.91 Å². The summed E-state index contributed by atoms with van der Waals surface area (Å²) in [6.45, 7) is 2.31. The number of carbonyl (C=O) groups excluding carboxylic acids is 1. The second kappa shape index (κ2) is 5.57. The van der Waals surface area contributed by atoms with Crippen LogP contribution in [0.4, 0.5) is 0 Å². The molecular weight excluding hydrogens is 228 g/mol. The zero-order valence-corrected chi connectivity index (χ0v) is 11.1. The Morgan fingerprint density at radius 3 is 2.78 bits per heavy atom. The highest BCUT2D eigenvalue weighted by Crippen LogP contribution is 2.31.